The zero-order valence-electron chi connectivity index (χ0n) is 15.2. The molecule has 0 radical (unpaired) electrons. The molecule has 1 unspecified atom stereocenters. The lowest BCUT2D eigenvalue weighted by atomic mass is 10.1. The first-order valence-corrected chi connectivity index (χ1v) is 8.86. The van der Waals surface area contributed by atoms with E-state index in [2.05, 4.69) is 15.7 Å². The Hall–Kier alpha value is -2.67. The van der Waals surface area contributed by atoms with E-state index in [1.54, 1.807) is 17.9 Å². The van der Waals surface area contributed by atoms with Crippen LogP contribution in [-0.2, 0) is 29.7 Å². The van der Waals surface area contributed by atoms with Crippen LogP contribution in [0.15, 0.2) is 36.7 Å². The van der Waals surface area contributed by atoms with Gasteiger partial charge in [0.25, 0.3) is 0 Å². The third-order valence-corrected chi connectivity index (χ3v) is 4.64. The fourth-order valence-electron chi connectivity index (χ4n) is 3.18. The summed E-state index contributed by atoms with van der Waals surface area (Å²) in [5.74, 6) is 0.141. The molecule has 1 aromatic carbocycles. The summed E-state index contributed by atoms with van der Waals surface area (Å²) in [5, 5.41) is 10.1. The molecule has 1 aliphatic heterocycles. The first-order valence-electron chi connectivity index (χ1n) is 8.86. The standard InChI is InChI=1S/C19H25N5O2/c1-20-18(16-11-22-23(2)13-16)19(26)21-10-14-5-7-15(8-6-14)12-24-9-3-4-17(24)25/h5-8,11,13,18,20H,3-4,9-10,12H2,1-2H3,(H,21,26). The van der Waals surface area contributed by atoms with E-state index in [0.717, 1.165) is 29.7 Å². The second kappa shape index (κ2) is 8.14. The van der Waals surface area contributed by atoms with Crippen molar-refractivity contribution < 1.29 is 9.59 Å². The average molecular weight is 355 g/mol. The molecular formula is C19H25N5O2. The van der Waals surface area contributed by atoms with Crippen LogP contribution in [0.5, 0.6) is 0 Å². The van der Waals surface area contributed by atoms with Crippen molar-refractivity contribution in [3.05, 3.63) is 53.3 Å². The van der Waals surface area contributed by atoms with Gasteiger partial charge in [0.05, 0.1) is 6.20 Å². The molecule has 0 bridgehead atoms. The quantitative estimate of drug-likeness (QED) is 0.780. The highest BCUT2D eigenvalue weighted by Crippen LogP contribution is 2.15. The van der Waals surface area contributed by atoms with Crippen LogP contribution < -0.4 is 10.6 Å². The predicted octanol–water partition coefficient (Wildman–Crippen LogP) is 1.12. The number of hydrogen-bond acceptors (Lipinski definition) is 4. The monoisotopic (exact) mass is 355 g/mol. The van der Waals surface area contributed by atoms with E-state index in [1.807, 2.05) is 42.4 Å². The van der Waals surface area contributed by atoms with Crippen LogP contribution in [0.1, 0.15) is 35.6 Å². The van der Waals surface area contributed by atoms with Gasteiger partial charge in [0.2, 0.25) is 11.8 Å². The molecule has 7 nitrogen and oxygen atoms in total. The highest BCUT2D eigenvalue weighted by molar-refractivity contribution is 5.83. The van der Waals surface area contributed by atoms with E-state index in [4.69, 9.17) is 0 Å². The third-order valence-electron chi connectivity index (χ3n) is 4.64. The molecular weight excluding hydrogens is 330 g/mol. The molecule has 138 valence electrons. The Balaban J connectivity index is 1.54. The fraction of sp³-hybridized carbons (Fsp3) is 0.421. The van der Waals surface area contributed by atoms with Gasteiger partial charge in [-0.1, -0.05) is 24.3 Å². The molecule has 3 rings (SSSR count). The van der Waals surface area contributed by atoms with Gasteiger partial charge in [-0.3, -0.25) is 14.3 Å². The SMILES string of the molecule is CNC(C(=O)NCc1ccc(CN2CCCC2=O)cc1)c1cnn(C)c1. The minimum atomic E-state index is -0.427. The van der Waals surface area contributed by atoms with Gasteiger partial charge in [0.1, 0.15) is 6.04 Å². The number of hydrogen-bond donors (Lipinski definition) is 2. The van der Waals surface area contributed by atoms with Crippen molar-refractivity contribution in [1.82, 2.24) is 25.3 Å². The van der Waals surface area contributed by atoms with E-state index in [1.165, 1.54) is 0 Å². The van der Waals surface area contributed by atoms with Crippen molar-refractivity contribution in [2.45, 2.75) is 32.0 Å². The number of likely N-dealkylation sites (tertiary alicyclic amines) is 1. The third kappa shape index (κ3) is 4.29. The van der Waals surface area contributed by atoms with Gasteiger partial charge >= 0.3 is 0 Å². The summed E-state index contributed by atoms with van der Waals surface area (Å²) in [5.41, 5.74) is 2.97. The van der Waals surface area contributed by atoms with E-state index in [-0.39, 0.29) is 11.8 Å². The number of nitrogens with one attached hydrogen (secondary N) is 2. The van der Waals surface area contributed by atoms with Crippen molar-refractivity contribution in [3.63, 3.8) is 0 Å². The Morgan fingerprint density at radius 2 is 2.00 bits per heavy atom. The number of carbonyl (C=O) groups excluding carboxylic acids is 2. The van der Waals surface area contributed by atoms with E-state index in [0.29, 0.717) is 19.5 Å². The number of nitrogens with zero attached hydrogens (tertiary/aromatic N) is 3. The maximum atomic E-state index is 12.4. The molecule has 2 heterocycles. The Bertz CT molecular complexity index is 768. The number of carbonyl (C=O) groups is 2. The number of likely N-dealkylation sites (N-methyl/N-ethyl adjacent to an activating group) is 1. The zero-order valence-corrected chi connectivity index (χ0v) is 15.2. The Labute approximate surface area is 153 Å². The molecule has 0 saturated carbocycles. The Morgan fingerprint density at radius 1 is 1.27 bits per heavy atom. The van der Waals surface area contributed by atoms with Gasteiger partial charge in [-0.05, 0) is 24.6 Å². The molecule has 2 N–H and O–H groups in total. The van der Waals surface area contributed by atoms with Crippen LogP contribution in [-0.4, -0.2) is 40.1 Å². The lowest BCUT2D eigenvalue weighted by molar-refractivity contribution is -0.128. The molecule has 1 fully saturated rings. The van der Waals surface area contributed by atoms with Gasteiger partial charge in [-0.15, -0.1) is 0 Å². The molecule has 2 aromatic rings. The molecule has 1 atom stereocenters. The first kappa shape index (κ1) is 18.1. The van der Waals surface area contributed by atoms with Gasteiger partial charge in [0, 0.05) is 44.9 Å². The van der Waals surface area contributed by atoms with Crippen LogP contribution in [0.25, 0.3) is 0 Å². The van der Waals surface area contributed by atoms with E-state index in [9.17, 15) is 9.59 Å². The van der Waals surface area contributed by atoms with Gasteiger partial charge < -0.3 is 15.5 Å². The number of benzene rings is 1. The summed E-state index contributed by atoms with van der Waals surface area (Å²) in [6.07, 6.45) is 5.13. The van der Waals surface area contributed by atoms with Gasteiger partial charge in [-0.2, -0.15) is 5.10 Å². The predicted molar refractivity (Wildman–Crippen MR) is 97.9 cm³/mol. The normalized spacial score (nSPS) is 15.3. The summed E-state index contributed by atoms with van der Waals surface area (Å²) in [4.78, 5) is 26.0. The molecule has 1 aliphatic rings. The van der Waals surface area contributed by atoms with Gasteiger partial charge in [0.15, 0.2) is 0 Å². The van der Waals surface area contributed by atoms with Crippen molar-refractivity contribution in [2.24, 2.45) is 7.05 Å². The number of aryl methyl sites for hydroxylation is 1. The molecule has 0 aliphatic carbocycles. The topological polar surface area (TPSA) is 79.3 Å². The van der Waals surface area contributed by atoms with Crippen molar-refractivity contribution in [2.75, 3.05) is 13.6 Å². The lowest BCUT2D eigenvalue weighted by Gasteiger charge is -2.16. The maximum Gasteiger partial charge on any atom is 0.242 e. The smallest absolute Gasteiger partial charge is 0.242 e. The molecule has 7 heteroatoms. The van der Waals surface area contributed by atoms with Crippen LogP contribution >= 0.6 is 0 Å². The fourth-order valence-corrected chi connectivity index (χ4v) is 3.18. The first-order chi connectivity index (χ1) is 12.6. The number of amides is 2. The van der Waals surface area contributed by atoms with Crippen molar-refractivity contribution >= 4 is 11.8 Å². The largest absolute Gasteiger partial charge is 0.350 e. The Kier molecular flexibility index (Phi) is 5.68. The van der Waals surface area contributed by atoms with Crippen molar-refractivity contribution in [1.29, 1.82) is 0 Å². The molecule has 26 heavy (non-hydrogen) atoms. The van der Waals surface area contributed by atoms with Crippen LogP contribution in [0.3, 0.4) is 0 Å². The lowest BCUT2D eigenvalue weighted by Crippen LogP contribution is -2.35. The number of rotatable bonds is 7. The summed E-state index contributed by atoms with van der Waals surface area (Å²) in [7, 11) is 3.58. The minimum absolute atomic E-state index is 0.0905. The summed E-state index contributed by atoms with van der Waals surface area (Å²) in [6, 6.07) is 7.60. The highest BCUT2D eigenvalue weighted by Gasteiger charge is 2.21. The van der Waals surface area contributed by atoms with Crippen LogP contribution in [0, 0.1) is 0 Å². The van der Waals surface area contributed by atoms with E-state index >= 15 is 0 Å². The summed E-state index contributed by atoms with van der Waals surface area (Å²) < 4.78 is 1.68. The molecule has 1 aromatic heterocycles. The summed E-state index contributed by atoms with van der Waals surface area (Å²) in [6.45, 7) is 1.96. The van der Waals surface area contributed by atoms with Crippen LogP contribution in [0.2, 0.25) is 0 Å². The second-order valence-corrected chi connectivity index (χ2v) is 6.62. The zero-order chi connectivity index (χ0) is 18.5. The molecule has 0 spiro atoms. The minimum Gasteiger partial charge on any atom is -0.350 e. The highest BCUT2D eigenvalue weighted by atomic mass is 16.2. The van der Waals surface area contributed by atoms with Crippen LogP contribution in [0.4, 0.5) is 0 Å². The number of aromatic nitrogens is 2. The van der Waals surface area contributed by atoms with E-state index < -0.39 is 6.04 Å². The molecule has 2 amide bonds. The Morgan fingerprint density at radius 3 is 2.58 bits per heavy atom. The maximum absolute atomic E-state index is 12.4. The summed E-state index contributed by atoms with van der Waals surface area (Å²) >= 11 is 0. The molecule has 1 saturated heterocycles. The average Bonchev–Trinajstić information content (AvgIpc) is 3.24. The van der Waals surface area contributed by atoms with Gasteiger partial charge in [-0.25, -0.2) is 0 Å². The van der Waals surface area contributed by atoms with Crippen molar-refractivity contribution in [3.8, 4) is 0 Å². The second-order valence-electron chi connectivity index (χ2n) is 6.62.